The van der Waals surface area contributed by atoms with Crippen LogP contribution in [0.3, 0.4) is 0 Å². The van der Waals surface area contributed by atoms with Crippen LogP contribution in [0.5, 0.6) is 0 Å². The molecule has 0 aromatic rings. The van der Waals surface area contributed by atoms with Crippen molar-refractivity contribution in [3.63, 3.8) is 0 Å². The van der Waals surface area contributed by atoms with Crippen LogP contribution in [-0.2, 0) is 0 Å². The van der Waals surface area contributed by atoms with E-state index in [1.165, 1.54) is 58.2 Å². The highest BCUT2D eigenvalue weighted by molar-refractivity contribution is 4.94. The molecule has 0 aromatic heterocycles. The van der Waals surface area contributed by atoms with Gasteiger partial charge in [-0.1, -0.05) is 40.5 Å². The molecule has 0 bridgehead atoms. The fraction of sp³-hybridized carbons (Fsp3) is 1.00. The Labute approximate surface area is 126 Å². The van der Waals surface area contributed by atoms with Crippen molar-refractivity contribution in [2.75, 3.05) is 26.2 Å². The van der Waals surface area contributed by atoms with Crippen LogP contribution >= 0.6 is 0 Å². The molecule has 0 aromatic carbocycles. The average Bonchev–Trinajstić information content (AvgIpc) is 3.23. The quantitative estimate of drug-likeness (QED) is 0.725. The molecule has 0 heterocycles. The normalized spacial score (nSPS) is 31.2. The van der Waals surface area contributed by atoms with Crippen molar-refractivity contribution in [1.29, 1.82) is 0 Å². The predicted molar refractivity (Wildman–Crippen MR) is 88.0 cm³/mol. The molecule has 2 nitrogen and oxygen atoms in total. The highest BCUT2D eigenvalue weighted by Gasteiger charge is 2.39. The predicted octanol–water partition coefficient (Wildman–Crippen LogP) is 3.91. The van der Waals surface area contributed by atoms with Crippen LogP contribution in [0.25, 0.3) is 0 Å². The molecule has 1 N–H and O–H groups in total. The van der Waals surface area contributed by atoms with Gasteiger partial charge in [-0.3, -0.25) is 4.90 Å². The number of nitrogens with zero attached hydrogens (tertiary/aromatic N) is 1. The molecule has 2 aliphatic carbocycles. The van der Waals surface area contributed by atoms with Gasteiger partial charge in [0.05, 0.1) is 0 Å². The van der Waals surface area contributed by atoms with Gasteiger partial charge in [0.1, 0.15) is 0 Å². The SMILES string of the molecule is CCNCC1(CN(CC(C)C)C2CC2)CCC(C)CC1. The van der Waals surface area contributed by atoms with Gasteiger partial charge in [0.2, 0.25) is 0 Å². The minimum Gasteiger partial charge on any atom is -0.316 e. The van der Waals surface area contributed by atoms with Crippen LogP contribution in [-0.4, -0.2) is 37.1 Å². The number of hydrogen-bond acceptors (Lipinski definition) is 2. The van der Waals surface area contributed by atoms with Crippen molar-refractivity contribution < 1.29 is 0 Å². The highest BCUT2D eigenvalue weighted by atomic mass is 15.2. The summed E-state index contributed by atoms with van der Waals surface area (Å²) in [5.74, 6) is 1.75. The van der Waals surface area contributed by atoms with Gasteiger partial charge < -0.3 is 5.32 Å². The third kappa shape index (κ3) is 4.73. The van der Waals surface area contributed by atoms with Gasteiger partial charge in [-0.15, -0.1) is 0 Å². The van der Waals surface area contributed by atoms with E-state index in [1.807, 2.05) is 0 Å². The molecule has 0 amide bonds. The number of hydrogen-bond donors (Lipinski definition) is 1. The fourth-order valence-corrected chi connectivity index (χ4v) is 3.84. The van der Waals surface area contributed by atoms with Crippen molar-refractivity contribution >= 4 is 0 Å². The van der Waals surface area contributed by atoms with Crippen LogP contribution in [0.4, 0.5) is 0 Å². The summed E-state index contributed by atoms with van der Waals surface area (Å²) in [5.41, 5.74) is 0.556. The molecule has 0 aliphatic heterocycles. The Bertz CT molecular complexity index is 270. The Morgan fingerprint density at radius 2 is 1.80 bits per heavy atom. The molecule has 2 fully saturated rings. The summed E-state index contributed by atoms with van der Waals surface area (Å²) in [6, 6.07) is 0.912. The Morgan fingerprint density at radius 1 is 1.15 bits per heavy atom. The van der Waals surface area contributed by atoms with Gasteiger partial charge >= 0.3 is 0 Å². The second kappa shape index (κ2) is 7.26. The first-order valence-corrected chi connectivity index (χ1v) is 8.99. The zero-order chi connectivity index (χ0) is 14.6. The molecule has 0 atom stereocenters. The van der Waals surface area contributed by atoms with E-state index in [1.54, 1.807) is 0 Å². The standard InChI is InChI=1S/C18H36N2/c1-5-19-13-18(10-8-16(4)9-11-18)14-20(12-15(2)3)17-6-7-17/h15-17,19H,5-14H2,1-4H3. The lowest BCUT2D eigenvalue weighted by molar-refractivity contribution is 0.0762. The molecule has 2 saturated carbocycles. The van der Waals surface area contributed by atoms with Crippen LogP contribution in [0.15, 0.2) is 0 Å². The lowest BCUT2D eigenvalue weighted by atomic mass is 9.70. The fourth-order valence-electron chi connectivity index (χ4n) is 3.84. The van der Waals surface area contributed by atoms with E-state index in [4.69, 9.17) is 0 Å². The lowest BCUT2D eigenvalue weighted by Gasteiger charge is -2.43. The Morgan fingerprint density at radius 3 is 2.30 bits per heavy atom. The molecular weight excluding hydrogens is 244 g/mol. The van der Waals surface area contributed by atoms with Crippen molar-refractivity contribution in [1.82, 2.24) is 10.2 Å². The van der Waals surface area contributed by atoms with Gasteiger partial charge in [0.15, 0.2) is 0 Å². The third-order valence-electron chi connectivity index (χ3n) is 5.29. The van der Waals surface area contributed by atoms with Crippen LogP contribution in [0, 0.1) is 17.3 Å². The van der Waals surface area contributed by atoms with Crippen molar-refractivity contribution in [3.8, 4) is 0 Å². The molecule has 0 radical (unpaired) electrons. The van der Waals surface area contributed by atoms with Crippen molar-refractivity contribution in [3.05, 3.63) is 0 Å². The highest BCUT2D eigenvalue weighted by Crippen LogP contribution is 2.41. The first kappa shape index (κ1) is 16.3. The van der Waals surface area contributed by atoms with Crippen molar-refractivity contribution in [2.45, 2.75) is 72.3 Å². The molecule has 2 rings (SSSR count). The summed E-state index contributed by atoms with van der Waals surface area (Å²) in [4.78, 5) is 2.83. The van der Waals surface area contributed by atoms with Gasteiger partial charge in [-0.25, -0.2) is 0 Å². The maximum absolute atomic E-state index is 3.66. The molecule has 2 heteroatoms. The Balaban J connectivity index is 1.97. The molecule has 0 saturated heterocycles. The molecule has 2 aliphatic rings. The minimum absolute atomic E-state index is 0.556. The van der Waals surface area contributed by atoms with Crippen LogP contribution < -0.4 is 5.32 Å². The topological polar surface area (TPSA) is 15.3 Å². The summed E-state index contributed by atoms with van der Waals surface area (Å²) < 4.78 is 0. The first-order chi connectivity index (χ1) is 9.54. The van der Waals surface area contributed by atoms with Crippen molar-refractivity contribution in [2.24, 2.45) is 17.3 Å². The number of rotatable bonds is 8. The minimum atomic E-state index is 0.556. The second-order valence-corrected chi connectivity index (χ2v) is 8.02. The molecule has 118 valence electrons. The summed E-state index contributed by atoms with van der Waals surface area (Å²) in [7, 11) is 0. The van der Waals surface area contributed by atoms with Gasteiger partial charge in [0, 0.05) is 25.7 Å². The first-order valence-electron chi connectivity index (χ1n) is 8.99. The summed E-state index contributed by atoms with van der Waals surface area (Å²) >= 11 is 0. The zero-order valence-corrected chi connectivity index (χ0v) is 14.3. The molecule has 20 heavy (non-hydrogen) atoms. The average molecular weight is 280 g/mol. The summed E-state index contributed by atoms with van der Waals surface area (Å²) in [6.45, 7) is 14.4. The zero-order valence-electron chi connectivity index (χ0n) is 14.3. The van der Waals surface area contributed by atoms with E-state index in [-0.39, 0.29) is 0 Å². The van der Waals surface area contributed by atoms with E-state index in [9.17, 15) is 0 Å². The van der Waals surface area contributed by atoms with E-state index < -0.39 is 0 Å². The van der Waals surface area contributed by atoms with Crippen LogP contribution in [0.2, 0.25) is 0 Å². The van der Waals surface area contributed by atoms with Crippen LogP contribution in [0.1, 0.15) is 66.2 Å². The Hall–Kier alpha value is -0.0800. The smallest absolute Gasteiger partial charge is 0.00967 e. The van der Waals surface area contributed by atoms with E-state index in [0.29, 0.717) is 5.41 Å². The molecule has 0 spiro atoms. The largest absolute Gasteiger partial charge is 0.316 e. The maximum atomic E-state index is 3.66. The van der Waals surface area contributed by atoms with E-state index in [2.05, 4.69) is 37.9 Å². The van der Waals surface area contributed by atoms with Gasteiger partial charge in [0.25, 0.3) is 0 Å². The van der Waals surface area contributed by atoms with Gasteiger partial charge in [-0.05, 0) is 49.5 Å². The maximum Gasteiger partial charge on any atom is 0.00967 e. The third-order valence-corrected chi connectivity index (χ3v) is 5.29. The summed E-state index contributed by atoms with van der Waals surface area (Å²) in [5, 5.41) is 3.66. The van der Waals surface area contributed by atoms with Gasteiger partial charge in [-0.2, -0.15) is 0 Å². The lowest BCUT2D eigenvalue weighted by Crippen LogP contribution is -2.47. The Kier molecular flexibility index (Phi) is 5.92. The monoisotopic (exact) mass is 280 g/mol. The second-order valence-electron chi connectivity index (χ2n) is 8.02. The van der Waals surface area contributed by atoms with E-state index in [0.717, 1.165) is 24.4 Å². The summed E-state index contributed by atoms with van der Waals surface area (Å²) in [6.07, 6.45) is 8.63. The molecule has 0 unspecified atom stereocenters. The van der Waals surface area contributed by atoms with E-state index >= 15 is 0 Å². The number of nitrogens with one attached hydrogen (secondary N) is 1. The molecular formula is C18H36N2.